The molecule has 0 aliphatic carbocycles. The van der Waals surface area contributed by atoms with E-state index in [1.807, 2.05) is 0 Å². The molecule has 0 unspecified atom stereocenters. The van der Waals surface area contributed by atoms with E-state index in [1.54, 1.807) is 35.9 Å². The van der Waals surface area contributed by atoms with Crippen LogP contribution < -0.4 is 11.1 Å². The summed E-state index contributed by atoms with van der Waals surface area (Å²) in [6.45, 7) is 2.18. The molecular weight excluding hydrogens is 484 g/mol. The van der Waals surface area contributed by atoms with Crippen molar-refractivity contribution in [2.45, 2.75) is 25.6 Å². The molecule has 0 radical (unpaired) electrons. The van der Waals surface area contributed by atoms with Crippen LogP contribution in [-0.2, 0) is 16.1 Å². The highest BCUT2D eigenvalue weighted by molar-refractivity contribution is 6.00. The molecule has 1 aliphatic rings. The van der Waals surface area contributed by atoms with Gasteiger partial charge in [-0.15, -0.1) is 0 Å². The molecule has 2 amide bonds. The highest BCUT2D eigenvalue weighted by atomic mass is 19.3. The molecule has 2 atom stereocenters. The van der Waals surface area contributed by atoms with E-state index < -0.39 is 12.5 Å². The minimum absolute atomic E-state index is 0.0462. The number of halogens is 2. The molecule has 0 saturated carbocycles. The molecule has 0 bridgehead atoms. The minimum Gasteiger partial charge on any atom is -0.383 e. The number of nitrogens with zero attached hydrogens (tertiary/aromatic N) is 5. The Morgan fingerprint density at radius 2 is 2.16 bits per heavy atom. The fraction of sp³-hybridized carbons (Fsp3) is 0.360. The van der Waals surface area contributed by atoms with Crippen LogP contribution in [-0.4, -0.2) is 69.4 Å². The third kappa shape index (κ3) is 5.17. The van der Waals surface area contributed by atoms with Gasteiger partial charge in [0.2, 0.25) is 5.91 Å². The van der Waals surface area contributed by atoms with E-state index >= 15 is 0 Å². The number of ether oxygens (including phenoxy) is 1. The average molecular weight is 512 g/mol. The van der Waals surface area contributed by atoms with Crippen molar-refractivity contribution >= 4 is 28.7 Å². The van der Waals surface area contributed by atoms with Crippen LogP contribution in [0.1, 0.15) is 34.6 Å². The largest absolute Gasteiger partial charge is 0.383 e. The second-order valence-corrected chi connectivity index (χ2v) is 8.66. The third-order valence-corrected chi connectivity index (χ3v) is 6.29. The average Bonchev–Trinajstić information content (AvgIpc) is 3.57. The van der Waals surface area contributed by atoms with Gasteiger partial charge in [-0.2, -0.15) is 13.9 Å². The number of carbonyl (C=O) groups excluding carboxylic acids is 2. The van der Waals surface area contributed by atoms with Gasteiger partial charge in [0.05, 0.1) is 23.7 Å². The second-order valence-electron chi connectivity index (χ2n) is 8.66. The number of imidazole rings is 1. The first-order valence-electron chi connectivity index (χ1n) is 11.5. The zero-order valence-corrected chi connectivity index (χ0v) is 20.4. The smallest absolute Gasteiger partial charge is 0.320 e. The van der Waals surface area contributed by atoms with Gasteiger partial charge in [-0.1, -0.05) is 12.5 Å². The quantitative estimate of drug-likeness (QED) is 0.354. The molecule has 4 rings (SSSR count). The van der Waals surface area contributed by atoms with Gasteiger partial charge in [-0.3, -0.25) is 14.2 Å². The van der Waals surface area contributed by atoms with E-state index in [9.17, 15) is 18.4 Å². The molecular formula is C25H27F2N7O3. The van der Waals surface area contributed by atoms with Gasteiger partial charge in [0.1, 0.15) is 17.7 Å². The number of hydrogen-bond donors (Lipinski definition) is 2. The summed E-state index contributed by atoms with van der Waals surface area (Å²) in [5.41, 5.74) is 7.16. The van der Waals surface area contributed by atoms with E-state index in [-0.39, 0.29) is 34.6 Å². The molecule has 1 aromatic carbocycles. The number of aromatic nitrogens is 4. The van der Waals surface area contributed by atoms with Crippen molar-refractivity contribution < 1.29 is 23.1 Å². The molecule has 3 aromatic rings. The molecule has 37 heavy (non-hydrogen) atoms. The van der Waals surface area contributed by atoms with Crippen LogP contribution in [0.2, 0.25) is 0 Å². The van der Waals surface area contributed by atoms with Crippen molar-refractivity contribution in [2.24, 2.45) is 11.7 Å². The van der Waals surface area contributed by atoms with Gasteiger partial charge in [0.15, 0.2) is 5.69 Å². The topological polar surface area (TPSA) is 120 Å². The van der Waals surface area contributed by atoms with Gasteiger partial charge < -0.3 is 20.7 Å². The number of carbonyl (C=O) groups is 2. The standard InChI is InChI=1S/C25H27F2N7O3/c1-4-21(35)32-11-16(9-17(32)13-37-3)12-34-24(29-2)22(23(28)36)18(31-34)7-5-15-6-8-20-19(10-15)30-14-33(20)25(26)27/h4,6,8,10,14,16-17,25,29H,1,9,11-13H2,2-3H3,(H2,28,36)/t16-,17+/m0/s1. The first-order chi connectivity index (χ1) is 17.8. The Kier molecular flexibility index (Phi) is 7.54. The van der Waals surface area contributed by atoms with E-state index in [2.05, 4.69) is 33.8 Å². The summed E-state index contributed by atoms with van der Waals surface area (Å²) in [4.78, 5) is 30.3. The SMILES string of the molecule is C=CC(=O)N1C[C@@H](Cn2nc(C#Cc3ccc4c(c3)ncn4C(F)F)c(C(N)=O)c2NC)C[C@@H]1COC. The molecule has 10 nitrogen and oxygen atoms in total. The maximum absolute atomic E-state index is 13.1. The number of benzene rings is 1. The number of primary amides is 1. The molecule has 2 aromatic heterocycles. The number of nitrogens with one attached hydrogen (secondary N) is 1. The number of anilines is 1. The van der Waals surface area contributed by atoms with Crippen molar-refractivity contribution in [1.29, 1.82) is 0 Å². The minimum atomic E-state index is -2.70. The lowest BCUT2D eigenvalue weighted by Crippen LogP contribution is -2.37. The summed E-state index contributed by atoms with van der Waals surface area (Å²) in [6.07, 6.45) is 3.04. The normalized spacial score (nSPS) is 17.2. The summed E-state index contributed by atoms with van der Waals surface area (Å²) >= 11 is 0. The summed E-state index contributed by atoms with van der Waals surface area (Å²) < 4.78 is 33.8. The highest BCUT2D eigenvalue weighted by Crippen LogP contribution is 2.28. The van der Waals surface area contributed by atoms with Gasteiger partial charge in [-0.05, 0) is 42.5 Å². The molecule has 3 heterocycles. The van der Waals surface area contributed by atoms with Gasteiger partial charge in [-0.25, -0.2) is 9.67 Å². The molecule has 194 valence electrons. The van der Waals surface area contributed by atoms with Crippen LogP contribution in [0, 0.1) is 17.8 Å². The lowest BCUT2D eigenvalue weighted by Gasteiger charge is -2.22. The van der Waals surface area contributed by atoms with Gasteiger partial charge in [0.25, 0.3) is 5.91 Å². The highest BCUT2D eigenvalue weighted by Gasteiger charge is 2.35. The Labute approximate surface area is 212 Å². The number of hydrogen-bond acceptors (Lipinski definition) is 6. The molecule has 1 saturated heterocycles. The van der Waals surface area contributed by atoms with E-state index in [4.69, 9.17) is 10.5 Å². The third-order valence-electron chi connectivity index (χ3n) is 6.29. The van der Waals surface area contributed by atoms with Crippen molar-refractivity contribution in [3.8, 4) is 11.8 Å². The van der Waals surface area contributed by atoms with Crippen molar-refractivity contribution in [1.82, 2.24) is 24.2 Å². The maximum atomic E-state index is 13.1. The maximum Gasteiger partial charge on any atom is 0.320 e. The first-order valence-corrected chi connectivity index (χ1v) is 11.5. The van der Waals surface area contributed by atoms with Crippen molar-refractivity contribution in [2.75, 3.05) is 32.6 Å². The number of methoxy groups -OCH3 is 1. The number of rotatable bonds is 8. The summed E-state index contributed by atoms with van der Waals surface area (Å²) in [5.74, 6) is 5.41. The van der Waals surface area contributed by atoms with Crippen LogP contribution >= 0.6 is 0 Å². The number of likely N-dealkylation sites (tertiary alicyclic amines) is 1. The van der Waals surface area contributed by atoms with Crippen LogP contribution in [0.3, 0.4) is 0 Å². The number of fused-ring (bicyclic) bond motifs is 1. The summed E-state index contributed by atoms with van der Waals surface area (Å²) in [5, 5.41) is 7.52. The molecule has 0 spiro atoms. The van der Waals surface area contributed by atoms with Crippen molar-refractivity contribution in [3.05, 3.63) is 54.0 Å². The van der Waals surface area contributed by atoms with Crippen molar-refractivity contribution in [3.63, 3.8) is 0 Å². The van der Waals surface area contributed by atoms with Crippen LogP contribution in [0.25, 0.3) is 11.0 Å². The van der Waals surface area contributed by atoms with Crippen LogP contribution in [0.15, 0.2) is 37.2 Å². The Morgan fingerprint density at radius 1 is 1.38 bits per heavy atom. The Hall–Kier alpha value is -4.24. The zero-order valence-electron chi connectivity index (χ0n) is 20.4. The number of nitrogens with two attached hydrogens (primary N) is 1. The first kappa shape index (κ1) is 25.8. The lowest BCUT2D eigenvalue weighted by molar-refractivity contribution is -0.127. The molecule has 12 heteroatoms. The number of alkyl halides is 2. The fourth-order valence-electron chi connectivity index (χ4n) is 4.69. The van der Waals surface area contributed by atoms with E-state index in [0.29, 0.717) is 43.0 Å². The Balaban J connectivity index is 1.63. The monoisotopic (exact) mass is 511 g/mol. The fourth-order valence-corrected chi connectivity index (χ4v) is 4.69. The lowest BCUT2D eigenvalue weighted by atomic mass is 10.1. The Morgan fingerprint density at radius 3 is 2.81 bits per heavy atom. The van der Waals surface area contributed by atoms with Gasteiger partial charge in [0, 0.05) is 32.8 Å². The van der Waals surface area contributed by atoms with Gasteiger partial charge >= 0.3 is 6.55 Å². The predicted molar refractivity (Wildman–Crippen MR) is 133 cm³/mol. The van der Waals surface area contributed by atoms with E-state index in [0.717, 1.165) is 10.9 Å². The molecule has 1 fully saturated rings. The molecule has 3 N–H and O–H groups in total. The summed E-state index contributed by atoms with van der Waals surface area (Å²) in [7, 11) is 3.24. The predicted octanol–water partition coefficient (Wildman–Crippen LogP) is 2.22. The Bertz CT molecular complexity index is 1400. The van der Waals surface area contributed by atoms with Crippen LogP contribution in [0.5, 0.6) is 0 Å². The zero-order chi connectivity index (χ0) is 26.7. The second kappa shape index (κ2) is 10.8. The summed E-state index contributed by atoms with van der Waals surface area (Å²) in [6, 6.07) is 4.60. The number of amides is 2. The van der Waals surface area contributed by atoms with Crippen LogP contribution in [0.4, 0.5) is 14.6 Å². The van der Waals surface area contributed by atoms with E-state index in [1.165, 1.54) is 12.1 Å². The molecule has 1 aliphatic heterocycles.